The van der Waals surface area contributed by atoms with Gasteiger partial charge in [-0.3, -0.25) is 19.2 Å². The van der Waals surface area contributed by atoms with Crippen molar-refractivity contribution < 1.29 is 48.5 Å². The van der Waals surface area contributed by atoms with Crippen LogP contribution in [0.3, 0.4) is 0 Å². The number of ether oxygens (including phenoxy) is 2. The zero-order chi connectivity index (χ0) is 34.6. The van der Waals surface area contributed by atoms with Crippen molar-refractivity contribution in [2.45, 2.75) is 50.1 Å². The molecule has 2 aromatic carbocycles. The Hall–Kier alpha value is -3.58. The van der Waals surface area contributed by atoms with Gasteiger partial charge in [-0.1, -0.05) is 56.1 Å². The van der Waals surface area contributed by atoms with E-state index in [2.05, 4.69) is 31.9 Å². The average molecular weight is 782 g/mol. The molecule has 10 nitrogen and oxygen atoms in total. The van der Waals surface area contributed by atoms with Crippen molar-refractivity contribution in [1.82, 2.24) is 0 Å². The predicted molar refractivity (Wildman–Crippen MR) is 174 cm³/mol. The second-order valence-electron chi connectivity index (χ2n) is 13.8. The van der Waals surface area contributed by atoms with Crippen LogP contribution in [0.4, 0.5) is 0 Å². The van der Waals surface area contributed by atoms with E-state index < -0.39 is 69.9 Å². The minimum Gasteiger partial charge on any atom is -0.455 e. The first kappa shape index (κ1) is 32.9. The Morgan fingerprint density at radius 1 is 0.583 bits per heavy atom. The number of hydrogen-bond donors (Lipinski definition) is 2. The number of esters is 2. The number of halogens is 2. The van der Waals surface area contributed by atoms with E-state index in [4.69, 9.17) is 9.47 Å². The number of rotatable bonds is 4. The highest BCUT2D eigenvalue weighted by Gasteiger charge is 2.72. The molecular formula is C36H30Br2O10. The van der Waals surface area contributed by atoms with Gasteiger partial charge in [0, 0.05) is 8.95 Å². The van der Waals surface area contributed by atoms with Crippen LogP contribution in [0.2, 0.25) is 0 Å². The van der Waals surface area contributed by atoms with Crippen molar-refractivity contribution in [3.05, 3.63) is 92.9 Å². The van der Waals surface area contributed by atoms with Gasteiger partial charge in [0.05, 0.1) is 34.5 Å². The molecule has 2 aromatic rings. The number of ketones is 4. The number of carbonyl (C=O) groups is 6. The molecule has 2 saturated carbocycles. The Morgan fingerprint density at radius 2 is 0.917 bits per heavy atom. The lowest BCUT2D eigenvalue weighted by molar-refractivity contribution is -0.193. The lowest BCUT2D eigenvalue weighted by Gasteiger charge is -2.43. The summed E-state index contributed by atoms with van der Waals surface area (Å²) in [5, 5.41) is 21.3. The maximum atomic E-state index is 13.1. The molecule has 248 valence electrons. The number of hydrogen-bond acceptors (Lipinski definition) is 10. The largest absolute Gasteiger partial charge is 0.455 e. The Balaban J connectivity index is 0.000000152. The molecule has 0 unspecified atom stereocenters. The van der Waals surface area contributed by atoms with Gasteiger partial charge in [0.2, 0.25) is 0 Å². The molecule has 10 rings (SSSR count). The van der Waals surface area contributed by atoms with E-state index in [1.54, 1.807) is 13.8 Å². The van der Waals surface area contributed by atoms with Crippen molar-refractivity contribution in [3.8, 4) is 0 Å². The molecule has 0 spiro atoms. The predicted octanol–water partition coefficient (Wildman–Crippen LogP) is 3.22. The number of carbonyl (C=O) groups excluding carboxylic acids is 6. The van der Waals surface area contributed by atoms with Gasteiger partial charge in [-0.2, -0.15) is 0 Å². The van der Waals surface area contributed by atoms with Crippen molar-refractivity contribution in [1.29, 1.82) is 0 Å². The second-order valence-corrected chi connectivity index (χ2v) is 15.7. The van der Waals surface area contributed by atoms with Crippen molar-refractivity contribution in [3.63, 3.8) is 0 Å². The minimum atomic E-state index is -2.02. The minimum absolute atomic E-state index is 0.238. The van der Waals surface area contributed by atoms with Crippen LogP contribution in [-0.2, 0) is 51.1 Å². The molecule has 4 bridgehead atoms. The first-order chi connectivity index (χ1) is 22.5. The fraction of sp³-hybridized carbons (Fsp3) is 0.389. The molecule has 4 aliphatic carbocycles. The Labute approximate surface area is 291 Å². The van der Waals surface area contributed by atoms with Crippen LogP contribution in [0.5, 0.6) is 0 Å². The summed E-state index contributed by atoms with van der Waals surface area (Å²) in [4.78, 5) is 76.1. The number of Topliss-reactive ketones (excluding diaryl/α,β-unsaturated/α-hetero) is 4. The van der Waals surface area contributed by atoms with Gasteiger partial charge in [-0.25, -0.2) is 9.59 Å². The first-order valence-electron chi connectivity index (χ1n) is 15.5. The molecule has 4 heterocycles. The average Bonchev–Trinajstić information content (AvgIpc) is 3.38. The third-order valence-corrected chi connectivity index (χ3v) is 11.9. The van der Waals surface area contributed by atoms with E-state index in [1.165, 1.54) is 24.3 Å². The zero-order valence-electron chi connectivity index (χ0n) is 25.7. The number of aliphatic hydroxyl groups is 2. The van der Waals surface area contributed by atoms with Gasteiger partial charge in [0.15, 0.2) is 34.3 Å². The number of benzene rings is 2. The van der Waals surface area contributed by atoms with E-state index in [-0.39, 0.29) is 36.0 Å². The molecule has 0 radical (unpaired) electrons. The van der Waals surface area contributed by atoms with Crippen LogP contribution in [0.15, 0.2) is 81.8 Å². The van der Waals surface area contributed by atoms with Crippen LogP contribution in [0, 0.1) is 34.5 Å². The van der Waals surface area contributed by atoms with E-state index in [1.807, 2.05) is 48.5 Å². The van der Waals surface area contributed by atoms with Crippen LogP contribution in [0.25, 0.3) is 0 Å². The van der Waals surface area contributed by atoms with Gasteiger partial charge in [0.1, 0.15) is 12.2 Å². The Bertz CT molecular complexity index is 1730. The fourth-order valence-corrected chi connectivity index (χ4v) is 8.80. The summed E-state index contributed by atoms with van der Waals surface area (Å²) < 4.78 is 12.1. The van der Waals surface area contributed by atoms with Gasteiger partial charge in [-0.05, 0) is 86.4 Å². The van der Waals surface area contributed by atoms with E-state index in [0.29, 0.717) is 0 Å². The second kappa shape index (κ2) is 11.0. The first-order valence-corrected chi connectivity index (χ1v) is 17.0. The molecule has 48 heavy (non-hydrogen) atoms. The summed E-state index contributed by atoms with van der Waals surface area (Å²) in [6, 6.07) is 14.8. The standard InChI is InChI=1S/2C18H15BrO5/c2*1-17(8-9-2-4-10(19)5-3-9)14(20)12-11-6-7-18(23,16(22)24-11)13(12)15(17)21/h2*2-7,11-13,23H,8H2,1H3/t2*11-,12-,13+,17+,18-/m11/s1. The molecule has 0 aromatic heterocycles. The van der Waals surface area contributed by atoms with Crippen LogP contribution in [-0.4, -0.2) is 68.7 Å². The SMILES string of the molecule is C[C@]1(Cc2ccc(Br)cc2)C(=O)[C@H]2[C@@H](C1=O)[C@]1(O)C=C[C@H]2OC1=O.C[C@]1(Cc2ccc(Br)cc2)C(=O)[C@H]2[C@@H](C1=O)[C@]1(O)C=C[C@H]2OC1=O. The smallest absolute Gasteiger partial charge is 0.343 e. The molecule has 2 saturated heterocycles. The third-order valence-electron chi connectivity index (χ3n) is 10.9. The van der Waals surface area contributed by atoms with Crippen LogP contribution in [0.1, 0.15) is 25.0 Å². The fourth-order valence-electron chi connectivity index (χ4n) is 8.27. The van der Waals surface area contributed by atoms with Crippen molar-refractivity contribution in [2.75, 3.05) is 0 Å². The summed E-state index contributed by atoms with van der Waals surface area (Å²) in [6.45, 7) is 3.20. The van der Waals surface area contributed by atoms with Crippen LogP contribution < -0.4 is 0 Å². The normalized spacial score (nSPS) is 40.0. The molecule has 0 amide bonds. The summed E-state index contributed by atoms with van der Waals surface area (Å²) in [7, 11) is 0. The van der Waals surface area contributed by atoms with E-state index in [0.717, 1.165) is 20.1 Å². The zero-order valence-corrected chi connectivity index (χ0v) is 28.9. The van der Waals surface area contributed by atoms with Gasteiger partial charge < -0.3 is 19.7 Å². The lowest BCUT2D eigenvalue weighted by atomic mass is 9.70. The molecule has 2 N–H and O–H groups in total. The molecular weight excluding hydrogens is 752 g/mol. The molecule has 4 fully saturated rings. The molecule has 8 aliphatic rings. The topological polar surface area (TPSA) is 161 Å². The van der Waals surface area contributed by atoms with Crippen molar-refractivity contribution in [2.24, 2.45) is 34.5 Å². The summed E-state index contributed by atoms with van der Waals surface area (Å²) >= 11 is 6.71. The summed E-state index contributed by atoms with van der Waals surface area (Å²) in [5.41, 5.74) is -4.89. The van der Waals surface area contributed by atoms with E-state index in [9.17, 15) is 39.0 Å². The van der Waals surface area contributed by atoms with Gasteiger partial charge >= 0.3 is 11.9 Å². The van der Waals surface area contributed by atoms with Crippen molar-refractivity contribution >= 4 is 66.9 Å². The Morgan fingerprint density at radius 3 is 1.23 bits per heavy atom. The highest BCUT2D eigenvalue weighted by molar-refractivity contribution is 9.10. The maximum absolute atomic E-state index is 13.1. The Kier molecular flexibility index (Phi) is 7.52. The maximum Gasteiger partial charge on any atom is 0.343 e. The van der Waals surface area contributed by atoms with Gasteiger partial charge in [0.25, 0.3) is 0 Å². The third kappa shape index (κ3) is 4.55. The molecule has 4 aliphatic heterocycles. The molecule has 10 atom stereocenters. The number of fused-ring (bicyclic) bond motifs is 2. The monoisotopic (exact) mass is 780 g/mol. The highest BCUT2D eigenvalue weighted by Crippen LogP contribution is 2.54. The van der Waals surface area contributed by atoms with Gasteiger partial charge in [-0.15, -0.1) is 0 Å². The molecule has 12 heteroatoms. The summed E-state index contributed by atoms with van der Waals surface area (Å²) in [5.74, 6) is -6.68. The highest BCUT2D eigenvalue weighted by atomic mass is 79.9. The van der Waals surface area contributed by atoms with E-state index >= 15 is 0 Å². The summed E-state index contributed by atoms with van der Waals surface area (Å²) in [6.07, 6.45) is 4.59. The van der Waals surface area contributed by atoms with Crippen LogP contribution >= 0.6 is 31.9 Å². The lowest BCUT2D eigenvalue weighted by Crippen LogP contribution is -2.60. The quantitative estimate of drug-likeness (QED) is 0.268.